The van der Waals surface area contributed by atoms with E-state index in [4.69, 9.17) is 5.14 Å². The molecule has 0 bridgehead atoms. The molecule has 7 nitrogen and oxygen atoms in total. The van der Waals surface area contributed by atoms with E-state index >= 15 is 8.78 Å². The normalized spacial score (nSPS) is 12.4. The number of halogens is 3. The van der Waals surface area contributed by atoms with Gasteiger partial charge >= 0.3 is 0 Å². The highest BCUT2D eigenvalue weighted by molar-refractivity contribution is 7.89. The molecule has 0 spiro atoms. The molecule has 0 aliphatic heterocycles. The SMILES string of the molecule is NS(=O)(=O)c1ccc(-n2nc(C(F)(F)CCCCCN(CCS)CCNCCS)cc2-c2ccc(F)cc2)cc1. The number of alkyl halides is 2. The fourth-order valence-corrected chi connectivity index (χ4v) is 5.22. The van der Waals surface area contributed by atoms with Crippen LogP contribution in [0.2, 0.25) is 0 Å². The van der Waals surface area contributed by atoms with Crippen molar-refractivity contribution in [3.05, 3.63) is 66.1 Å². The zero-order valence-corrected chi connectivity index (χ0v) is 24.8. The van der Waals surface area contributed by atoms with Crippen molar-refractivity contribution in [1.82, 2.24) is 20.0 Å². The molecular weight excluding hydrogens is 580 g/mol. The Bertz CT molecular complexity index is 1300. The number of aromatic nitrogens is 2. The Kier molecular flexibility index (Phi) is 12.4. The number of nitrogens with one attached hydrogen (secondary N) is 1. The van der Waals surface area contributed by atoms with Crippen LogP contribution in [-0.2, 0) is 15.9 Å². The van der Waals surface area contributed by atoms with Crippen LogP contribution in [0.3, 0.4) is 0 Å². The summed E-state index contributed by atoms with van der Waals surface area (Å²) in [6, 6.07) is 12.2. The lowest BCUT2D eigenvalue weighted by molar-refractivity contribution is -0.0205. The lowest BCUT2D eigenvalue weighted by Crippen LogP contribution is -2.34. The topological polar surface area (TPSA) is 93.2 Å². The van der Waals surface area contributed by atoms with Gasteiger partial charge in [0.25, 0.3) is 5.92 Å². The molecule has 220 valence electrons. The Hall–Kier alpha value is -2.03. The molecule has 3 rings (SSSR count). The quantitative estimate of drug-likeness (QED) is 0.130. The third kappa shape index (κ3) is 9.52. The van der Waals surface area contributed by atoms with Crippen molar-refractivity contribution in [1.29, 1.82) is 0 Å². The van der Waals surface area contributed by atoms with Gasteiger partial charge in [-0.25, -0.2) is 22.6 Å². The number of rotatable bonds is 17. The Morgan fingerprint density at radius 3 is 2.25 bits per heavy atom. The summed E-state index contributed by atoms with van der Waals surface area (Å²) in [5.74, 6) is -2.15. The van der Waals surface area contributed by atoms with Crippen molar-refractivity contribution >= 4 is 35.3 Å². The number of thiol groups is 2. The Balaban J connectivity index is 1.71. The monoisotopic (exact) mass is 615 g/mol. The molecule has 0 aliphatic rings. The average Bonchev–Trinajstić information content (AvgIpc) is 3.37. The smallest absolute Gasteiger partial charge is 0.291 e. The molecule has 13 heteroatoms. The van der Waals surface area contributed by atoms with E-state index in [-0.39, 0.29) is 11.3 Å². The van der Waals surface area contributed by atoms with Crippen LogP contribution in [0.4, 0.5) is 13.2 Å². The molecule has 3 aromatic rings. The van der Waals surface area contributed by atoms with E-state index in [0.29, 0.717) is 29.8 Å². The van der Waals surface area contributed by atoms with Gasteiger partial charge in [-0.2, -0.15) is 39.1 Å². The molecular formula is C27H36F3N5O2S3. The number of hydrogen-bond acceptors (Lipinski definition) is 7. The maximum absolute atomic E-state index is 15.3. The maximum atomic E-state index is 15.3. The summed E-state index contributed by atoms with van der Waals surface area (Å²) in [7, 11) is -3.92. The molecule has 1 aromatic heterocycles. The standard InChI is InChI=1S/C27H36F3N5O2S3/c28-22-6-4-21(5-7-22)25-20-26(33-35(25)23-8-10-24(11-9-23)40(31,36)37)27(29,30)12-2-1-3-15-34(17-19-39)16-13-32-14-18-38/h4-11,20,32,38-39H,1-3,12-19H2,(H2,31,36,37). The lowest BCUT2D eigenvalue weighted by atomic mass is 10.1. The highest BCUT2D eigenvalue weighted by Crippen LogP contribution is 2.36. The van der Waals surface area contributed by atoms with Crippen LogP contribution < -0.4 is 10.5 Å². The van der Waals surface area contributed by atoms with Gasteiger partial charge in [-0.3, -0.25) is 0 Å². The van der Waals surface area contributed by atoms with Crippen molar-refractivity contribution in [3.8, 4) is 16.9 Å². The van der Waals surface area contributed by atoms with Gasteiger partial charge in [-0.05, 0) is 74.0 Å². The molecule has 0 aliphatic carbocycles. The Morgan fingerprint density at radius 2 is 1.62 bits per heavy atom. The molecule has 0 fully saturated rings. The van der Waals surface area contributed by atoms with Crippen LogP contribution in [0.25, 0.3) is 16.9 Å². The minimum atomic E-state index is -3.92. The Labute approximate surface area is 245 Å². The second-order valence-corrected chi connectivity index (χ2v) is 11.9. The second kappa shape index (κ2) is 15.3. The summed E-state index contributed by atoms with van der Waals surface area (Å²) in [4.78, 5) is 2.16. The Morgan fingerprint density at radius 1 is 0.925 bits per heavy atom. The summed E-state index contributed by atoms with van der Waals surface area (Å²) in [5, 5.41) is 12.7. The molecule has 3 N–H and O–H groups in total. The van der Waals surface area contributed by atoms with Gasteiger partial charge in [0.1, 0.15) is 11.5 Å². The van der Waals surface area contributed by atoms with Crippen molar-refractivity contribution in [2.45, 2.75) is 36.5 Å². The number of nitrogens with two attached hydrogens (primary N) is 1. The number of sulfonamides is 1. The van der Waals surface area contributed by atoms with Crippen molar-refractivity contribution in [3.63, 3.8) is 0 Å². The zero-order chi connectivity index (χ0) is 29.2. The van der Waals surface area contributed by atoms with E-state index in [9.17, 15) is 12.8 Å². The third-order valence-electron chi connectivity index (χ3n) is 6.41. The van der Waals surface area contributed by atoms with Gasteiger partial charge in [0.05, 0.1) is 16.3 Å². The largest absolute Gasteiger partial charge is 0.315 e. The predicted molar refractivity (Wildman–Crippen MR) is 160 cm³/mol. The van der Waals surface area contributed by atoms with Crippen molar-refractivity contribution < 1.29 is 21.6 Å². The highest BCUT2D eigenvalue weighted by atomic mass is 32.2. The van der Waals surface area contributed by atoms with E-state index in [1.54, 1.807) is 0 Å². The van der Waals surface area contributed by atoms with Gasteiger partial charge in [-0.15, -0.1) is 0 Å². The lowest BCUT2D eigenvalue weighted by Gasteiger charge is -2.21. The summed E-state index contributed by atoms with van der Waals surface area (Å²) in [5.41, 5.74) is 0.766. The van der Waals surface area contributed by atoms with Crippen LogP contribution in [0.15, 0.2) is 59.5 Å². The van der Waals surface area contributed by atoms with Gasteiger partial charge in [0, 0.05) is 49.7 Å². The van der Waals surface area contributed by atoms with E-state index in [0.717, 1.165) is 50.7 Å². The summed E-state index contributed by atoms with van der Waals surface area (Å²) < 4.78 is 68.8. The van der Waals surface area contributed by atoms with Gasteiger partial charge in [-0.1, -0.05) is 6.42 Å². The first-order chi connectivity index (χ1) is 19.0. The molecule has 0 unspecified atom stereocenters. The number of primary sulfonamides is 1. The number of unbranched alkanes of at least 4 members (excludes halogenated alkanes) is 2. The molecule has 40 heavy (non-hydrogen) atoms. The fraction of sp³-hybridized carbons (Fsp3) is 0.444. The van der Waals surface area contributed by atoms with Crippen LogP contribution in [-0.4, -0.2) is 67.3 Å². The van der Waals surface area contributed by atoms with E-state index in [1.807, 2.05) is 0 Å². The molecule has 0 saturated heterocycles. The average molecular weight is 616 g/mol. The van der Waals surface area contributed by atoms with Gasteiger partial charge in [0.15, 0.2) is 0 Å². The highest BCUT2D eigenvalue weighted by Gasteiger charge is 2.35. The van der Waals surface area contributed by atoms with Crippen LogP contribution in [0, 0.1) is 5.82 Å². The van der Waals surface area contributed by atoms with Crippen LogP contribution in [0.1, 0.15) is 31.4 Å². The first-order valence-corrected chi connectivity index (χ1v) is 15.9. The van der Waals surface area contributed by atoms with Crippen molar-refractivity contribution in [2.24, 2.45) is 5.14 Å². The molecule has 0 saturated carbocycles. The zero-order valence-electron chi connectivity index (χ0n) is 22.1. The maximum Gasteiger partial charge on any atom is 0.291 e. The van der Waals surface area contributed by atoms with Crippen LogP contribution >= 0.6 is 25.3 Å². The predicted octanol–water partition coefficient (Wildman–Crippen LogP) is 4.73. The van der Waals surface area contributed by atoms with Gasteiger partial charge in [0.2, 0.25) is 10.0 Å². The van der Waals surface area contributed by atoms with Crippen LogP contribution in [0.5, 0.6) is 0 Å². The molecule has 0 atom stereocenters. The van der Waals surface area contributed by atoms with E-state index < -0.39 is 27.5 Å². The van der Waals surface area contributed by atoms with Gasteiger partial charge < -0.3 is 10.2 Å². The molecule has 0 radical (unpaired) electrons. The minimum Gasteiger partial charge on any atom is -0.315 e. The van der Waals surface area contributed by atoms with Crippen molar-refractivity contribution in [2.75, 3.05) is 44.2 Å². The first kappa shape index (κ1) is 32.5. The molecule has 2 aromatic carbocycles. The van der Waals surface area contributed by atoms with E-state index in [2.05, 4.69) is 40.6 Å². The second-order valence-electron chi connectivity index (χ2n) is 9.43. The minimum absolute atomic E-state index is 0.112. The third-order valence-corrected chi connectivity index (χ3v) is 7.76. The summed E-state index contributed by atoms with van der Waals surface area (Å²) in [6.07, 6.45) is 1.39. The fourth-order valence-electron chi connectivity index (χ4n) is 4.27. The first-order valence-electron chi connectivity index (χ1n) is 13.1. The summed E-state index contributed by atoms with van der Waals surface area (Å²) in [6.45, 7) is 4.20. The number of nitrogens with zero attached hydrogens (tertiary/aromatic N) is 3. The molecule has 0 amide bonds. The molecule has 1 heterocycles. The number of benzene rings is 2. The summed E-state index contributed by atoms with van der Waals surface area (Å²) >= 11 is 8.50. The number of hydrogen-bond donors (Lipinski definition) is 4. The van der Waals surface area contributed by atoms with E-state index in [1.165, 1.54) is 59.3 Å².